The Kier molecular flexibility index (Phi) is 3.63. The Bertz CT molecular complexity index is 497. The molecule has 0 bridgehead atoms. The van der Waals surface area contributed by atoms with Crippen LogP contribution in [0.3, 0.4) is 0 Å². The molecule has 6 nitrogen and oxygen atoms in total. The van der Waals surface area contributed by atoms with E-state index in [1.807, 2.05) is 34.6 Å². The summed E-state index contributed by atoms with van der Waals surface area (Å²) in [5.41, 5.74) is -0.273. The number of nitrogens with zero attached hydrogens (tertiary/aromatic N) is 3. The number of primary sulfonamides is 1. The number of nitrogens with two attached hydrogens (primary N) is 1. The van der Waals surface area contributed by atoms with E-state index in [0.717, 1.165) is 0 Å². The van der Waals surface area contributed by atoms with Gasteiger partial charge in [0, 0.05) is 12.0 Å². The molecule has 1 rings (SSSR count). The lowest BCUT2D eigenvalue weighted by Gasteiger charge is -2.20. The van der Waals surface area contributed by atoms with Crippen LogP contribution in [-0.4, -0.2) is 23.2 Å². The highest BCUT2D eigenvalue weighted by molar-refractivity contribution is 7.89. The van der Waals surface area contributed by atoms with Crippen LogP contribution in [0.2, 0.25) is 0 Å². The Morgan fingerprint density at radius 2 is 1.82 bits per heavy atom. The molecule has 7 heteroatoms. The average Bonchev–Trinajstić information content (AvgIpc) is 2.43. The molecule has 98 valence electrons. The molecule has 0 radical (unpaired) electrons. The molecular weight excluding hydrogens is 240 g/mol. The summed E-state index contributed by atoms with van der Waals surface area (Å²) in [5, 5.41) is 12.7. The van der Waals surface area contributed by atoms with Crippen LogP contribution >= 0.6 is 0 Å². The standard InChI is InChI=1S/C10H20N4O2S/c1-7(2)6-14-8(10(3,4)5)12-13-9(14)17(11,15)16/h7H,6H2,1-5H3,(H2,11,15,16). The minimum atomic E-state index is -3.83. The molecule has 0 aliphatic rings. The Labute approximate surface area is 102 Å². The van der Waals surface area contributed by atoms with Gasteiger partial charge in [0.25, 0.3) is 15.2 Å². The number of hydrogen-bond donors (Lipinski definition) is 1. The van der Waals surface area contributed by atoms with E-state index in [1.165, 1.54) is 0 Å². The van der Waals surface area contributed by atoms with Gasteiger partial charge in [0.15, 0.2) is 0 Å². The molecular formula is C10H20N4O2S. The van der Waals surface area contributed by atoms with Crippen LogP contribution in [0.4, 0.5) is 0 Å². The largest absolute Gasteiger partial charge is 0.300 e. The fraction of sp³-hybridized carbons (Fsp3) is 0.800. The number of hydrogen-bond acceptors (Lipinski definition) is 4. The molecule has 0 spiro atoms. The summed E-state index contributed by atoms with van der Waals surface area (Å²) in [7, 11) is -3.83. The fourth-order valence-electron chi connectivity index (χ4n) is 1.58. The van der Waals surface area contributed by atoms with Gasteiger partial charge in [-0.2, -0.15) is 0 Å². The predicted octanol–water partition coefficient (Wildman–Crippen LogP) is 0.879. The second-order valence-electron chi connectivity index (χ2n) is 5.61. The molecule has 0 fully saturated rings. The summed E-state index contributed by atoms with van der Waals surface area (Å²) >= 11 is 0. The minimum absolute atomic E-state index is 0.156. The first kappa shape index (κ1) is 14.1. The summed E-state index contributed by atoms with van der Waals surface area (Å²) in [4.78, 5) is 0. The van der Waals surface area contributed by atoms with Gasteiger partial charge < -0.3 is 4.57 Å². The molecule has 1 aromatic rings. The van der Waals surface area contributed by atoms with E-state index in [-0.39, 0.29) is 16.5 Å². The molecule has 0 saturated heterocycles. The third-order valence-corrected chi connectivity index (χ3v) is 3.00. The normalized spacial score (nSPS) is 13.4. The van der Waals surface area contributed by atoms with Crippen LogP contribution < -0.4 is 5.14 Å². The van der Waals surface area contributed by atoms with Crippen molar-refractivity contribution < 1.29 is 8.42 Å². The van der Waals surface area contributed by atoms with E-state index in [2.05, 4.69) is 10.2 Å². The van der Waals surface area contributed by atoms with Crippen LogP contribution in [0, 0.1) is 5.92 Å². The van der Waals surface area contributed by atoms with Crippen molar-refractivity contribution in [1.29, 1.82) is 0 Å². The summed E-state index contributed by atoms with van der Waals surface area (Å²) in [5.74, 6) is 0.919. The first-order valence-corrected chi connectivity index (χ1v) is 7.04. The van der Waals surface area contributed by atoms with Crippen LogP contribution in [0.15, 0.2) is 5.16 Å². The molecule has 2 N–H and O–H groups in total. The zero-order valence-electron chi connectivity index (χ0n) is 10.9. The van der Waals surface area contributed by atoms with E-state index in [0.29, 0.717) is 12.4 Å². The van der Waals surface area contributed by atoms with Crippen molar-refractivity contribution in [2.24, 2.45) is 11.1 Å². The maximum atomic E-state index is 11.4. The summed E-state index contributed by atoms with van der Waals surface area (Å²) in [6.45, 7) is 10.4. The monoisotopic (exact) mass is 260 g/mol. The SMILES string of the molecule is CC(C)Cn1c(C(C)(C)C)nnc1S(N)(=O)=O. The summed E-state index contributed by atoms with van der Waals surface area (Å²) in [6.07, 6.45) is 0. The topological polar surface area (TPSA) is 90.9 Å². The van der Waals surface area contributed by atoms with Crippen LogP contribution in [-0.2, 0) is 22.0 Å². The van der Waals surface area contributed by atoms with Crippen molar-refractivity contribution in [2.45, 2.75) is 51.7 Å². The van der Waals surface area contributed by atoms with Gasteiger partial charge in [-0.05, 0) is 5.92 Å². The lowest BCUT2D eigenvalue weighted by atomic mass is 9.95. The first-order chi connectivity index (χ1) is 7.53. The van der Waals surface area contributed by atoms with E-state index < -0.39 is 10.0 Å². The molecule has 0 unspecified atom stereocenters. The van der Waals surface area contributed by atoms with Crippen molar-refractivity contribution in [3.05, 3.63) is 5.82 Å². The second-order valence-corrected chi connectivity index (χ2v) is 7.06. The Balaban J connectivity index is 3.41. The molecule has 1 aromatic heterocycles. The Morgan fingerprint density at radius 3 is 2.18 bits per heavy atom. The molecule has 0 aromatic carbocycles. The van der Waals surface area contributed by atoms with Gasteiger partial charge in [-0.15, -0.1) is 10.2 Å². The highest BCUT2D eigenvalue weighted by Crippen LogP contribution is 2.23. The highest BCUT2D eigenvalue weighted by atomic mass is 32.2. The predicted molar refractivity (Wildman–Crippen MR) is 64.9 cm³/mol. The average molecular weight is 260 g/mol. The minimum Gasteiger partial charge on any atom is -0.300 e. The molecule has 0 aliphatic heterocycles. The lowest BCUT2D eigenvalue weighted by Crippen LogP contribution is -2.25. The van der Waals surface area contributed by atoms with Crippen LogP contribution in [0.25, 0.3) is 0 Å². The van der Waals surface area contributed by atoms with Crippen molar-refractivity contribution in [3.63, 3.8) is 0 Å². The van der Waals surface area contributed by atoms with Gasteiger partial charge in [-0.1, -0.05) is 34.6 Å². The van der Waals surface area contributed by atoms with Gasteiger partial charge in [-0.3, -0.25) is 0 Å². The number of sulfonamides is 1. The van der Waals surface area contributed by atoms with Gasteiger partial charge >= 0.3 is 0 Å². The highest BCUT2D eigenvalue weighted by Gasteiger charge is 2.28. The first-order valence-electron chi connectivity index (χ1n) is 5.50. The van der Waals surface area contributed by atoms with Crippen molar-refractivity contribution in [2.75, 3.05) is 0 Å². The third kappa shape index (κ3) is 3.26. The summed E-state index contributed by atoms with van der Waals surface area (Å²) < 4.78 is 24.5. The smallest absolute Gasteiger partial charge is 0.273 e. The quantitative estimate of drug-likeness (QED) is 0.873. The van der Waals surface area contributed by atoms with Gasteiger partial charge in [0.2, 0.25) is 0 Å². The van der Waals surface area contributed by atoms with E-state index in [4.69, 9.17) is 5.14 Å². The third-order valence-electron chi connectivity index (χ3n) is 2.19. The Hall–Kier alpha value is -0.950. The van der Waals surface area contributed by atoms with Crippen LogP contribution in [0.1, 0.15) is 40.4 Å². The van der Waals surface area contributed by atoms with Crippen molar-refractivity contribution in [3.8, 4) is 0 Å². The van der Waals surface area contributed by atoms with E-state index >= 15 is 0 Å². The van der Waals surface area contributed by atoms with Gasteiger partial charge in [0.05, 0.1) is 0 Å². The van der Waals surface area contributed by atoms with Crippen LogP contribution in [0.5, 0.6) is 0 Å². The summed E-state index contributed by atoms with van der Waals surface area (Å²) in [6, 6.07) is 0. The molecule has 17 heavy (non-hydrogen) atoms. The maximum absolute atomic E-state index is 11.4. The fourth-order valence-corrected chi connectivity index (χ4v) is 2.21. The lowest BCUT2D eigenvalue weighted by molar-refractivity contribution is 0.428. The van der Waals surface area contributed by atoms with E-state index in [9.17, 15) is 8.42 Å². The van der Waals surface area contributed by atoms with E-state index in [1.54, 1.807) is 4.57 Å². The molecule has 0 saturated carbocycles. The second kappa shape index (κ2) is 4.38. The molecule has 1 heterocycles. The molecule has 0 amide bonds. The zero-order chi connectivity index (χ0) is 13.4. The zero-order valence-corrected chi connectivity index (χ0v) is 11.7. The van der Waals surface area contributed by atoms with Crippen molar-refractivity contribution in [1.82, 2.24) is 14.8 Å². The van der Waals surface area contributed by atoms with Gasteiger partial charge in [-0.25, -0.2) is 13.6 Å². The number of rotatable bonds is 3. The maximum Gasteiger partial charge on any atom is 0.273 e. The molecule has 0 atom stereocenters. The number of aromatic nitrogens is 3. The van der Waals surface area contributed by atoms with Gasteiger partial charge in [0.1, 0.15) is 5.82 Å². The Morgan fingerprint density at radius 1 is 1.29 bits per heavy atom. The van der Waals surface area contributed by atoms with Crippen molar-refractivity contribution >= 4 is 10.0 Å². The molecule has 0 aliphatic carbocycles.